The van der Waals surface area contributed by atoms with Crippen molar-refractivity contribution in [3.05, 3.63) is 42.0 Å². The van der Waals surface area contributed by atoms with Gasteiger partial charge in [-0.2, -0.15) is 0 Å². The van der Waals surface area contributed by atoms with Crippen molar-refractivity contribution in [2.45, 2.75) is 47.1 Å². The number of hydrogen-bond donors (Lipinski definition) is 3. The van der Waals surface area contributed by atoms with Gasteiger partial charge in [0.25, 0.3) is 5.91 Å². The first-order valence-electron chi connectivity index (χ1n) is 12.0. The van der Waals surface area contributed by atoms with E-state index in [9.17, 15) is 9.59 Å². The second-order valence-corrected chi connectivity index (χ2v) is 8.03. The second kappa shape index (κ2) is 12.1. The Morgan fingerprint density at radius 1 is 0.971 bits per heavy atom. The average molecular weight is 483 g/mol. The molecule has 0 aliphatic rings. The number of anilines is 1. The zero-order chi connectivity index (χ0) is 25.4. The van der Waals surface area contributed by atoms with E-state index in [1.165, 1.54) is 0 Å². The molecule has 2 amide bonds. The van der Waals surface area contributed by atoms with Gasteiger partial charge in [-0.05, 0) is 51.0 Å². The first-order valence-corrected chi connectivity index (χ1v) is 12.0. The number of rotatable bonds is 12. The molecule has 3 aromatic rings. The Morgan fingerprint density at radius 3 is 2.17 bits per heavy atom. The number of imidazole rings is 1. The molecule has 0 saturated heterocycles. The first-order chi connectivity index (χ1) is 16.9. The number of carbonyl (C=O) groups excluding carboxylic acids is 2. The third-order valence-corrected chi connectivity index (χ3v) is 5.58. The highest BCUT2D eigenvalue weighted by Gasteiger charge is 2.28. The van der Waals surface area contributed by atoms with E-state index in [0.29, 0.717) is 55.0 Å². The van der Waals surface area contributed by atoms with Crippen molar-refractivity contribution in [2.75, 3.05) is 25.1 Å². The smallest absolute Gasteiger partial charge is 0.252 e. The molecule has 1 aromatic heterocycles. The molecule has 3 N–H and O–H groups in total. The fourth-order valence-electron chi connectivity index (χ4n) is 3.65. The molecule has 0 radical (unpaired) electrons. The van der Waals surface area contributed by atoms with E-state index in [1.54, 1.807) is 12.1 Å². The van der Waals surface area contributed by atoms with Crippen molar-refractivity contribution >= 4 is 28.8 Å². The summed E-state index contributed by atoms with van der Waals surface area (Å²) in [6, 6.07) is 9.93. The van der Waals surface area contributed by atoms with Crippen LogP contribution >= 0.6 is 0 Å². The third kappa shape index (κ3) is 6.23. The van der Waals surface area contributed by atoms with Crippen molar-refractivity contribution in [1.29, 1.82) is 0 Å². The SMILES string of the molecule is CCOc1cc(C(=O)N[C@@H](C(=O)Nc2nc3ccccc3[nH]2)[C@@H](C)CC)cc(OCC)c1OCC. The van der Waals surface area contributed by atoms with Crippen LogP contribution in [0.5, 0.6) is 17.2 Å². The predicted octanol–water partition coefficient (Wildman–Crippen LogP) is 4.54. The first kappa shape index (κ1) is 25.9. The van der Waals surface area contributed by atoms with Crippen LogP contribution in [0.2, 0.25) is 0 Å². The topological polar surface area (TPSA) is 115 Å². The van der Waals surface area contributed by atoms with Gasteiger partial charge in [-0.15, -0.1) is 0 Å². The number of amides is 2. The number of aromatic nitrogens is 2. The number of nitrogens with zero attached hydrogens (tertiary/aromatic N) is 1. The summed E-state index contributed by atoms with van der Waals surface area (Å²) in [5.41, 5.74) is 1.87. The summed E-state index contributed by atoms with van der Waals surface area (Å²) in [6.07, 6.45) is 0.691. The summed E-state index contributed by atoms with van der Waals surface area (Å²) in [4.78, 5) is 34.0. The molecule has 2 atom stereocenters. The maximum Gasteiger partial charge on any atom is 0.252 e. The molecule has 2 aromatic carbocycles. The van der Waals surface area contributed by atoms with E-state index in [1.807, 2.05) is 58.9 Å². The van der Waals surface area contributed by atoms with E-state index in [4.69, 9.17) is 14.2 Å². The average Bonchev–Trinajstić information content (AvgIpc) is 3.26. The van der Waals surface area contributed by atoms with E-state index in [2.05, 4.69) is 20.6 Å². The normalized spacial score (nSPS) is 12.6. The van der Waals surface area contributed by atoms with Crippen molar-refractivity contribution in [2.24, 2.45) is 5.92 Å². The number of para-hydroxylation sites is 2. The van der Waals surface area contributed by atoms with E-state index >= 15 is 0 Å². The van der Waals surface area contributed by atoms with Gasteiger partial charge < -0.3 is 24.5 Å². The number of aromatic amines is 1. The summed E-state index contributed by atoms with van der Waals surface area (Å²) in [7, 11) is 0. The van der Waals surface area contributed by atoms with Gasteiger partial charge >= 0.3 is 0 Å². The molecular weight excluding hydrogens is 448 g/mol. The summed E-state index contributed by atoms with van der Waals surface area (Å²) in [5, 5.41) is 5.69. The van der Waals surface area contributed by atoms with Gasteiger partial charge in [-0.1, -0.05) is 32.4 Å². The highest BCUT2D eigenvalue weighted by atomic mass is 16.5. The van der Waals surface area contributed by atoms with Crippen LogP contribution in [-0.2, 0) is 4.79 Å². The fraction of sp³-hybridized carbons (Fsp3) is 0.423. The lowest BCUT2D eigenvalue weighted by Crippen LogP contribution is -2.47. The maximum absolute atomic E-state index is 13.3. The molecule has 9 nitrogen and oxygen atoms in total. The number of fused-ring (bicyclic) bond motifs is 1. The van der Waals surface area contributed by atoms with Crippen LogP contribution in [0.3, 0.4) is 0 Å². The van der Waals surface area contributed by atoms with Gasteiger partial charge in [0.15, 0.2) is 11.5 Å². The Labute approximate surface area is 205 Å². The Morgan fingerprint density at radius 2 is 1.60 bits per heavy atom. The quantitative estimate of drug-likeness (QED) is 0.349. The highest BCUT2D eigenvalue weighted by molar-refractivity contribution is 6.01. The van der Waals surface area contributed by atoms with Crippen molar-refractivity contribution < 1.29 is 23.8 Å². The van der Waals surface area contributed by atoms with Crippen LogP contribution in [0.1, 0.15) is 51.4 Å². The Kier molecular flexibility index (Phi) is 8.94. The van der Waals surface area contributed by atoms with E-state index in [-0.39, 0.29) is 11.8 Å². The van der Waals surface area contributed by atoms with Crippen molar-refractivity contribution in [3.63, 3.8) is 0 Å². The predicted molar refractivity (Wildman–Crippen MR) is 135 cm³/mol. The monoisotopic (exact) mass is 482 g/mol. The number of nitrogens with one attached hydrogen (secondary N) is 3. The van der Waals surface area contributed by atoms with Crippen LogP contribution in [0, 0.1) is 5.92 Å². The number of ether oxygens (including phenoxy) is 3. The van der Waals surface area contributed by atoms with E-state index in [0.717, 1.165) is 11.0 Å². The zero-order valence-electron chi connectivity index (χ0n) is 20.9. The molecular formula is C26H34N4O5. The summed E-state index contributed by atoms with van der Waals surface area (Å²) in [5.74, 6) is 0.719. The third-order valence-electron chi connectivity index (χ3n) is 5.58. The molecule has 0 fully saturated rings. The summed E-state index contributed by atoms with van der Waals surface area (Å²) >= 11 is 0. The minimum atomic E-state index is -0.779. The molecule has 1 heterocycles. The van der Waals surface area contributed by atoms with Crippen molar-refractivity contribution in [3.8, 4) is 17.2 Å². The fourth-order valence-corrected chi connectivity index (χ4v) is 3.65. The minimum absolute atomic E-state index is 0.122. The van der Waals surface area contributed by atoms with Gasteiger partial charge in [0.05, 0.1) is 30.9 Å². The van der Waals surface area contributed by atoms with Gasteiger partial charge in [0.1, 0.15) is 6.04 Å². The van der Waals surface area contributed by atoms with Crippen LogP contribution in [0.15, 0.2) is 36.4 Å². The number of benzene rings is 2. The molecule has 35 heavy (non-hydrogen) atoms. The summed E-state index contributed by atoms with van der Waals surface area (Å²) < 4.78 is 17.2. The number of hydrogen-bond acceptors (Lipinski definition) is 6. The van der Waals surface area contributed by atoms with Gasteiger partial charge in [0, 0.05) is 5.56 Å². The molecule has 0 bridgehead atoms. The lowest BCUT2D eigenvalue weighted by molar-refractivity contribution is -0.119. The molecule has 9 heteroatoms. The lowest BCUT2D eigenvalue weighted by atomic mass is 9.98. The van der Waals surface area contributed by atoms with Crippen LogP contribution in [0.4, 0.5) is 5.95 Å². The molecule has 0 spiro atoms. The maximum atomic E-state index is 13.3. The highest BCUT2D eigenvalue weighted by Crippen LogP contribution is 2.39. The van der Waals surface area contributed by atoms with Crippen LogP contribution in [0.25, 0.3) is 11.0 Å². The lowest BCUT2D eigenvalue weighted by Gasteiger charge is -2.23. The van der Waals surface area contributed by atoms with Gasteiger partial charge in [0.2, 0.25) is 17.6 Å². The molecule has 0 unspecified atom stereocenters. The Hall–Kier alpha value is -3.75. The zero-order valence-corrected chi connectivity index (χ0v) is 20.9. The van der Waals surface area contributed by atoms with E-state index < -0.39 is 11.9 Å². The summed E-state index contributed by atoms with van der Waals surface area (Å²) in [6.45, 7) is 10.7. The Balaban J connectivity index is 1.86. The molecule has 0 aliphatic carbocycles. The van der Waals surface area contributed by atoms with Gasteiger partial charge in [-0.25, -0.2) is 4.98 Å². The van der Waals surface area contributed by atoms with Crippen molar-refractivity contribution in [1.82, 2.24) is 15.3 Å². The van der Waals surface area contributed by atoms with Crippen LogP contribution in [-0.4, -0.2) is 47.6 Å². The molecule has 188 valence electrons. The number of H-pyrrole nitrogens is 1. The molecule has 3 rings (SSSR count). The van der Waals surface area contributed by atoms with Gasteiger partial charge in [-0.3, -0.25) is 14.9 Å². The standard InChI is InChI=1S/C26H34N4O5/c1-6-16(5)22(25(32)30-26-27-18-12-10-11-13-19(18)28-26)29-24(31)17-14-20(33-7-2)23(35-9-4)21(15-17)34-8-3/h10-16,22H,6-9H2,1-5H3,(H,29,31)(H2,27,28,30,32)/t16-,22+/m0/s1. The minimum Gasteiger partial charge on any atom is -0.490 e. The molecule has 0 aliphatic heterocycles. The molecule has 0 saturated carbocycles. The Bertz CT molecular complexity index is 1100. The second-order valence-electron chi connectivity index (χ2n) is 8.03. The number of carbonyl (C=O) groups is 2. The largest absolute Gasteiger partial charge is 0.490 e. The van der Waals surface area contributed by atoms with Crippen LogP contribution < -0.4 is 24.8 Å².